The smallest absolute Gasteiger partial charge is 0.243 e. The average Bonchev–Trinajstić information content (AvgIpc) is 3.32. The molecular formula is C28H33ClN2O7S2. The zero-order chi connectivity index (χ0) is 28.5. The van der Waals surface area contributed by atoms with E-state index in [1.807, 2.05) is 6.07 Å². The molecule has 0 aliphatic carbocycles. The number of piperidine rings is 1. The number of rotatable bonds is 9. The number of sulfone groups is 1. The molecule has 3 aromatic carbocycles. The Bertz CT molecular complexity index is 1590. The van der Waals surface area contributed by atoms with Gasteiger partial charge in [0.2, 0.25) is 10.0 Å². The highest BCUT2D eigenvalue weighted by molar-refractivity contribution is 7.90. The van der Waals surface area contributed by atoms with E-state index in [0.29, 0.717) is 43.3 Å². The first-order chi connectivity index (χ1) is 19.0. The molecule has 3 aromatic rings. The highest BCUT2D eigenvalue weighted by atomic mass is 35.5. The first-order valence-corrected chi connectivity index (χ1v) is 16.8. The molecule has 216 valence electrons. The Balaban J connectivity index is 1.10. The van der Waals surface area contributed by atoms with Crippen molar-refractivity contribution in [3.8, 4) is 5.75 Å². The molecule has 2 fully saturated rings. The number of halogens is 1. The number of ether oxygens (including phenoxy) is 2. The third-order valence-electron chi connectivity index (χ3n) is 7.60. The Kier molecular flexibility index (Phi) is 8.45. The van der Waals surface area contributed by atoms with Crippen LogP contribution < -0.4 is 10.1 Å². The van der Waals surface area contributed by atoms with Gasteiger partial charge in [0.1, 0.15) is 18.5 Å². The maximum absolute atomic E-state index is 13.4. The van der Waals surface area contributed by atoms with Gasteiger partial charge in [-0.1, -0.05) is 35.9 Å². The summed E-state index contributed by atoms with van der Waals surface area (Å²) in [6, 6.07) is 16.7. The summed E-state index contributed by atoms with van der Waals surface area (Å²) in [4.78, 5) is 0.413. The molecule has 12 heteroatoms. The van der Waals surface area contributed by atoms with Crippen LogP contribution >= 0.6 is 11.6 Å². The van der Waals surface area contributed by atoms with Crippen molar-refractivity contribution in [3.05, 3.63) is 65.7 Å². The maximum Gasteiger partial charge on any atom is 0.243 e. The van der Waals surface area contributed by atoms with Crippen LogP contribution in [0.2, 0.25) is 5.02 Å². The van der Waals surface area contributed by atoms with Crippen molar-refractivity contribution in [2.75, 3.05) is 39.1 Å². The summed E-state index contributed by atoms with van der Waals surface area (Å²) >= 11 is 6.24. The van der Waals surface area contributed by atoms with E-state index in [2.05, 4.69) is 5.32 Å². The lowest BCUT2D eigenvalue weighted by Gasteiger charge is -2.38. The number of benzene rings is 3. The van der Waals surface area contributed by atoms with Gasteiger partial charge in [-0.05, 0) is 61.0 Å². The van der Waals surface area contributed by atoms with Crippen molar-refractivity contribution >= 4 is 42.2 Å². The van der Waals surface area contributed by atoms with Gasteiger partial charge in [-0.2, -0.15) is 4.31 Å². The third-order valence-corrected chi connectivity index (χ3v) is 10.9. The second kappa shape index (κ2) is 11.6. The summed E-state index contributed by atoms with van der Waals surface area (Å²) in [5.41, 5.74) is -0.395. The van der Waals surface area contributed by atoms with E-state index in [1.54, 1.807) is 42.5 Å². The molecule has 2 heterocycles. The molecule has 0 amide bonds. The average molecular weight is 609 g/mol. The summed E-state index contributed by atoms with van der Waals surface area (Å²) in [6.07, 6.45) is 2.23. The molecule has 0 radical (unpaired) electrons. The van der Waals surface area contributed by atoms with Gasteiger partial charge in [0.25, 0.3) is 0 Å². The standard InChI is InChI=1S/C28H33ClN2O7S2/c1-39(33,34)24-6-3-5-23(15-24)37-19-22(32)17-30-21-16-28(38-18-21)10-12-31(13-11-28)40(35,36)25-8-9-26-20(14-25)4-2-7-27(26)29/h2-9,14-15,21-22,30,32H,10-13,16-19H2,1H3/t21?,22-/m0/s1. The minimum Gasteiger partial charge on any atom is -0.491 e. The fourth-order valence-corrected chi connectivity index (χ4v) is 7.72. The molecule has 40 heavy (non-hydrogen) atoms. The molecule has 1 unspecified atom stereocenters. The first kappa shape index (κ1) is 29.2. The van der Waals surface area contributed by atoms with Gasteiger partial charge in [-0.15, -0.1) is 0 Å². The number of fused-ring (bicyclic) bond motifs is 1. The molecular weight excluding hydrogens is 576 g/mol. The van der Waals surface area contributed by atoms with Crippen molar-refractivity contribution < 1.29 is 31.4 Å². The van der Waals surface area contributed by atoms with E-state index < -0.39 is 31.6 Å². The molecule has 5 rings (SSSR count). The molecule has 0 saturated carbocycles. The lowest BCUT2D eigenvalue weighted by Crippen LogP contribution is -2.47. The van der Waals surface area contributed by atoms with Crippen LogP contribution in [0.1, 0.15) is 19.3 Å². The minimum absolute atomic E-state index is 0.00668. The van der Waals surface area contributed by atoms with Crippen LogP contribution in [0.4, 0.5) is 0 Å². The van der Waals surface area contributed by atoms with Crippen LogP contribution in [0.3, 0.4) is 0 Å². The molecule has 9 nitrogen and oxygen atoms in total. The van der Waals surface area contributed by atoms with Crippen LogP contribution in [-0.4, -0.2) is 83.1 Å². The van der Waals surface area contributed by atoms with Gasteiger partial charge in [0.05, 0.1) is 22.0 Å². The maximum atomic E-state index is 13.4. The van der Waals surface area contributed by atoms with E-state index in [1.165, 1.54) is 16.4 Å². The predicted octanol–water partition coefficient (Wildman–Crippen LogP) is 3.24. The van der Waals surface area contributed by atoms with E-state index in [0.717, 1.165) is 23.4 Å². The van der Waals surface area contributed by atoms with Crippen LogP contribution in [0.5, 0.6) is 5.75 Å². The van der Waals surface area contributed by atoms with Gasteiger partial charge in [-0.25, -0.2) is 16.8 Å². The number of hydrogen-bond acceptors (Lipinski definition) is 8. The monoisotopic (exact) mass is 608 g/mol. The number of hydrogen-bond donors (Lipinski definition) is 2. The third kappa shape index (κ3) is 6.46. The number of sulfonamides is 1. The Morgan fingerprint density at radius 2 is 1.82 bits per heavy atom. The van der Waals surface area contributed by atoms with Crippen molar-refractivity contribution in [1.29, 1.82) is 0 Å². The van der Waals surface area contributed by atoms with Crippen molar-refractivity contribution in [2.24, 2.45) is 0 Å². The van der Waals surface area contributed by atoms with E-state index in [9.17, 15) is 21.9 Å². The Labute approximate surface area is 240 Å². The summed E-state index contributed by atoms with van der Waals surface area (Å²) in [6.45, 7) is 1.49. The number of nitrogens with one attached hydrogen (secondary N) is 1. The lowest BCUT2D eigenvalue weighted by molar-refractivity contribution is -0.0312. The largest absolute Gasteiger partial charge is 0.491 e. The second-order valence-corrected chi connectivity index (χ2v) is 14.9. The zero-order valence-electron chi connectivity index (χ0n) is 22.1. The molecule has 2 aliphatic rings. The number of nitrogens with zero attached hydrogens (tertiary/aromatic N) is 1. The zero-order valence-corrected chi connectivity index (χ0v) is 24.5. The highest BCUT2D eigenvalue weighted by Gasteiger charge is 2.44. The molecule has 2 saturated heterocycles. The van der Waals surface area contributed by atoms with E-state index in [-0.39, 0.29) is 29.0 Å². The topological polar surface area (TPSA) is 122 Å². The quantitative estimate of drug-likeness (QED) is 0.380. The molecule has 2 aliphatic heterocycles. The summed E-state index contributed by atoms with van der Waals surface area (Å²) in [7, 11) is -6.99. The first-order valence-electron chi connectivity index (χ1n) is 13.1. The lowest BCUT2D eigenvalue weighted by atomic mass is 9.88. The van der Waals surface area contributed by atoms with Gasteiger partial charge in [0, 0.05) is 42.3 Å². The van der Waals surface area contributed by atoms with Crippen molar-refractivity contribution in [2.45, 2.75) is 46.8 Å². The van der Waals surface area contributed by atoms with E-state index in [4.69, 9.17) is 21.1 Å². The van der Waals surface area contributed by atoms with Crippen LogP contribution in [-0.2, 0) is 24.6 Å². The van der Waals surface area contributed by atoms with Gasteiger partial charge in [0.15, 0.2) is 9.84 Å². The molecule has 0 bridgehead atoms. The Hall–Kier alpha value is -2.25. The summed E-state index contributed by atoms with van der Waals surface area (Å²) in [5, 5.41) is 15.9. The second-order valence-electron chi connectivity index (χ2n) is 10.5. The Morgan fingerprint density at radius 1 is 1.07 bits per heavy atom. The SMILES string of the molecule is CS(=O)(=O)c1cccc(OC[C@@H](O)CNC2COC3(CCN(S(=O)(=O)c4ccc5c(Cl)cccc5c4)CC3)C2)c1. The summed E-state index contributed by atoms with van der Waals surface area (Å²) in [5.74, 6) is 0.374. The summed E-state index contributed by atoms with van der Waals surface area (Å²) < 4.78 is 63.4. The molecule has 0 aromatic heterocycles. The highest BCUT2D eigenvalue weighted by Crippen LogP contribution is 2.38. The predicted molar refractivity (Wildman–Crippen MR) is 153 cm³/mol. The molecule has 2 atom stereocenters. The number of aliphatic hydroxyl groups is 1. The Morgan fingerprint density at radius 3 is 2.58 bits per heavy atom. The number of aliphatic hydroxyl groups excluding tert-OH is 1. The van der Waals surface area contributed by atoms with Crippen LogP contribution in [0.25, 0.3) is 10.8 Å². The van der Waals surface area contributed by atoms with Gasteiger partial charge >= 0.3 is 0 Å². The fourth-order valence-electron chi connectivity index (χ4n) is 5.34. The normalized spacial score (nSPS) is 20.6. The molecule has 2 N–H and O–H groups in total. The van der Waals surface area contributed by atoms with Crippen LogP contribution in [0, 0.1) is 0 Å². The van der Waals surface area contributed by atoms with Crippen molar-refractivity contribution in [1.82, 2.24) is 9.62 Å². The molecule has 1 spiro atoms. The van der Waals surface area contributed by atoms with Crippen molar-refractivity contribution in [3.63, 3.8) is 0 Å². The van der Waals surface area contributed by atoms with Crippen LogP contribution in [0.15, 0.2) is 70.5 Å². The van der Waals surface area contributed by atoms with Gasteiger partial charge in [-0.3, -0.25) is 0 Å². The minimum atomic E-state index is -3.65. The van der Waals surface area contributed by atoms with Gasteiger partial charge < -0.3 is 19.9 Å². The fraction of sp³-hybridized carbons (Fsp3) is 0.429. The van der Waals surface area contributed by atoms with E-state index >= 15 is 0 Å².